The minimum absolute atomic E-state index is 0.331. The molecule has 0 aromatic heterocycles. The van der Waals surface area contributed by atoms with E-state index in [4.69, 9.17) is 4.74 Å². The number of benzene rings is 1. The van der Waals surface area contributed by atoms with E-state index >= 15 is 0 Å². The predicted octanol–water partition coefficient (Wildman–Crippen LogP) is 2.53. The summed E-state index contributed by atoms with van der Waals surface area (Å²) >= 11 is 1.74. The molecule has 0 spiro atoms. The Morgan fingerprint density at radius 2 is 2.05 bits per heavy atom. The van der Waals surface area contributed by atoms with Crippen LogP contribution in [0.3, 0.4) is 0 Å². The molecule has 1 aromatic carbocycles. The topological polar surface area (TPSA) is 41.6 Å². The summed E-state index contributed by atoms with van der Waals surface area (Å²) in [6.45, 7) is 2.01. The number of thioether (sulfide) groups is 1. The van der Waals surface area contributed by atoms with Crippen molar-refractivity contribution >= 4 is 17.7 Å². The van der Waals surface area contributed by atoms with Crippen LogP contribution in [0.2, 0.25) is 0 Å². The molecule has 2 saturated heterocycles. The summed E-state index contributed by atoms with van der Waals surface area (Å²) in [6.07, 6.45) is 4.08. The van der Waals surface area contributed by atoms with E-state index in [-0.39, 0.29) is 0 Å². The molecule has 2 atom stereocenters. The van der Waals surface area contributed by atoms with Crippen molar-refractivity contribution in [1.29, 1.82) is 0 Å². The monoisotopic (exact) mass is 320 g/mol. The molecular formula is C17H24N2O2S. The minimum Gasteiger partial charge on any atom is -0.497 e. The van der Waals surface area contributed by atoms with Crippen LogP contribution >= 0.6 is 11.8 Å². The van der Waals surface area contributed by atoms with Crippen LogP contribution in [0.1, 0.15) is 25.7 Å². The molecule has 2 aliphatic rings. The summed E-state index contributed by atoms with van der Waals surface area (Å²) in [6, 6.07) is 8.92. The number of ether oxygens (including phenoxy) is 1. The molecule has 120 valence electrons. The van der Waals surface area contributed by atoms with Gasteiger partial charge < -0.3 is 15.0 Å². The zero-order chi connectivity index (χ0) is 15.4. The van der Waals surface area contributed by atoms with E-state index in [0.717, 1.165) is 37.4 Å². The standard InChI is InChI=1S/C17H24N2O2S/c1-21-15-4-6-16(7-5-15)22-11-9-17(20)19-13-2-3-14(19)12-18-10-8-13/h4-7,13-14,18H,2-3,8-12H2,1H3. The number of nitrogens with one attached hydrogen (secondary N) is 1. The Morgan fingerprint density at radius 1 is 1.27 bits per heavy atom. The van der Waals surface area contributed by atoms with Crippen LogP contribution in [-0.2, 0) is 4.79 Å². The van der Waals surface area contributed by atoms with Crippen LogP contribution in [0.5, 0.6) is 5.75 Å². The van der Waals surface area contributed by atoms with Gasteiger partial charge in [0, 0.05) is 35.7 Å². The van der Waals surface area contributed by atoms with Gasteiger partial charge >= 0.3 is 0 Å². The lowest BCUT2D eigenvalue weighted by molar-refractivity contribution is -0.133. The molecule has 2 fully saturated rings. The maximum Gasteiger partial charge on any atom is 0.223 e. The van der Waals surface area contributed by atoms with E-state index in [1.165, 1.54) is 11.3 Å². The molecule has 4 nitrogen and oxygen atoms in total. The molecule has 2 aliphatic heterocycles. The van der Waals surface area contributed by atoms with Gasteiger partial charge in [0.2, 0.25) is 5.91 Å². The second-order valence-electron chi connectivity index (χ2n) is 5.95. The number of hydrogen-bond acceptors (Lipinski definition) is 4. The Balaban J connectivity index is 1.49. The van der Waals surface area contributed by atoms with Crippen molar-refractivity contribution in [3.05, 3.63) is 24.3 Å². The van der Waals surface area contributed by atoms with Crippen molar-refractivity contribution in [3.8, 4) is 5.75 Å². The Labute approximate surface area is 136 Å². The fourth-order valence-corrected chi connectivity index (χ4v) is 4.29. The number of hydrogen-bond donors (Lipinski definition) is 1. The van der Waals surface area contributed by atoms with Gasteiger partial charge in [-0.1, -0.05) is 0 Å². The maximum atomic E-state index is 12.6. The number of amides is 1. The van der Waals surface area contributed by atoms with Crippen LogP contribution in [0.25, 0.3) is 0 Å². The van der Waals surface area contributed by atoms with Gasteiger partial charge in [0.1, 0.15) is 5.75 Å². The van der Waals surface area contributed by atoms with Crippen molar-refractivity contribution < 1.29 is 9.53 Å². The molecule has 0 radical (unpaired) electrons. The van der Waals surface area contributed by atoms with E-state index in [0.29, 0.717) is 24.4 Å². The third kappa shape index (κ3) is 3.58. The van der Waals surface area contributed by atoms with Crippen LogP contribution in [-0.4, -0.2) is 48.8 Å². The van der Waals surface area contributed by atoms with Gasteiger partial charge in [-0.15, -0.1) is 11.8 Å². The molecule has 1 amide bonds. The van der Waals surface area contributed by atoms with E-state index in [9.17, 15) is 4.79 Å². The predicted molar refractivity (Wildman–Crippen MR) is 89.5 cm³/mol. The first kappa shape index (κ1) is 15.7. The largest absolute Gasteiger partial charge is 0.497 e. The van der Waals surface area contributed by atoms with Gasteiger partial charge in [-0.2, -0.15) is 0 Å². The van der Waals surface area contributed by atoms with Crippen LogP contribution in [0.4, 0.5) is 0 Å². The Bertz CT molecular complexity index is 492. The molecule has 1 N–H and O–H groups in total. The van der Waals surface area contributed by atoms with E-state index in [1.54, 1.807) is 18.9 Å². The van der Waals surface area contributed by atoms with Gasteiger partial charge in [-0.05, 0) is 50.1 Å². The Morgan fingerprint density at radius 3 is 2.82 bits per heavy atom. The molecule has 2 bridgehead atoms. The molecular weight excluding hydrogens is 296 g/mol. The van der Waals surface area contributed by atoms with Crippen molar-refractivity contribution in [2.45, 2.75) is 42.7 Å². The van der Waals surface area contributed by atoms with Crippen molar-refractivity contribution in [1.82, 2.24) is 10.2 Å². The summed E-state index contributed by atoms with van der Waals surface area (Å²) in [5.41, 5.74) is 0. The first-order valence-corrected chi connectivity index (χ1v) is 9.05. The smallest absolute Gasteiger partial charge is 0.223 e. The van der Waals surface area contributed by atoms with Gasteiger partial charge in [0.15, 0.2) is 0 Å². The number of carbonyl (C=O) groups excluding carboxylic acids is 1. The molecule has 2 unspecified atom stereocenters. The third-order valence-corrected chi connectivity index (χ3v) is 5.60. The van der Waals surface area contributed by atoms with Crippen molar-refractivity contribution in [2.75, 3.05) is 26.0 Å². The molecule has 22 heavy (non-hydrogen) atoms. The summed E-state index contributed by atoms with van der Waals surface area (Å²) in [5.74, 6) is 2.04. The minimum atomic E-state index is 0.331. The van der Waals surface area contributed by atoms with Crippen molar-refractivity contribution in [2.24, 2.45) is 0 Å². The molecule has 0 aliphatic carbocycles. The number of fused-ring (bicyclic) bond motifs is 2. The number of carbonyl (C=O) groups is 1. The molecule has 2 heterocycles. The van der Waals surface area contributed by atoms with E-state index in [1.807, 2.05) is 24.3 Å². The lowest BCUT2D eigenvalue weighted by Crippen LogP contribution is -2.42. The molecule has 1 aromatic rings. The lowest BCUT2D eigenvalue weighted by Gasteiger charge is -2.28. The molecule has 5 heteroatoms. The van der Waals surface area contributed by atoms with Crippen LogP contribution in [0.15, 0.2) is 29.2 Å². The second kappa shape index (κ2) is 7.38. The fraction of sp³-hybridized carbons (Fsp3) is 0.588. The highest BCUT2D eigenvalue weighted by Gasteiger charge is 2.37. The third-order valence-electron chi connectivity index (χ3n) is 4.59. The van der Waals surface area contributed by atoms with Crippen LogP contribution in [0, 0.1) is 0 Å². The van der Waals surface area contributed by atoms with Crippen LogP contribution < -0.4 is 10.1 Å². The highest BCUT2D eigenvalue weighted by Crippen LogP contribution is 2.29. The SMILES string of the molecule is COc1ccc(SCCC(=O)N2C3CCNCC2CC3)cc1. The average molecular weight is 320 g/mol. The van der Waals surface area contributed by atoms with Crippen molar-refractivity contribution in [3.63, 3.8) is 0 Å². The quantitative estimate of drug-likeness (QED) is 0.847. The summed E-state index contributed by atoms with van der Waals surface area (Å²) in [5, 5.41) is 3.45. The first-order valence-electron chi connectivity index (χ1n) is 8.06. The maximum absolute atomic E-state index is 12.6. The molecule has 3 rings (SSSR count). The number of rotatable bonds is 5. The Hall–Kier alpha value is -1.20. The number of methoxy groups -OCH3 is 1. The number of nitrogens with zero attached hydrogens (tertiary/aromatic N) is 1. The lowest BCUT2D eigenvalue weighted by atomic mass is 10.1. The first-order chi connectivity index (χ1) is 10.8. The molecule has 0 saturated carbocycles. The summed E-state index contributed by atoms with van der Waals surface area (Å²) in [4.78, 5) is 15.9. The zero-order valence-corrected chi connectivity index (χ0v) is 13.9. The highest BCUT2D eigenvalue weighted by molar-refractivity contribution is 7.99. The van der Waals surface area contributed by atoms with Gasteiger partial charge in [-0.3, -0.25) is 4.79 Å². The summed E-state index contributed by atoms with van der Waals surface area (Å²) < 4.78 is 5.16. The van der Waals surface area contributed by atoms with E-state index < -0.39 is 0 Å². The normalized spacial score (nSPS) is 24.1. The van der Waals surface area contributed by atoms with E-state index in [2.05, 4.69) is 10.2 Å². The van der Waals surface area contributed by atoms with Gasteiger partial charge in [-0.25, -0.2) is 0 Å². The fourth-order valence-electron chi connectivity index (χ4n) is 3.45. The second-order valence-corrected chi connectivity index (χ2v) is 7.12. The Kier molecular flexibility index (Phi) is 5.26. The average Bonchev–Trinajstić information content (AvgIpc) is 2.81. The summed E-state index contributed by atoms with van der Waals surface area (Å²) in [7, 11) is 1.67. The van der Waals surface area contributed by atoms with Gasteiger partial charge in [0.25, 0.3) is 0 Å². The van der Waals surface area contributed by atoms with Gasteiger partial charge in [0.05, 0.1) is 7.11 Å². The zero-order valence-electron chi connectivity index (χ0n) is 13.1. The highest BCUT2D eigenvalue weighted by atomic mass is 32.2.